The van der Waals surface area contributed by atoms with Gasteiger partial charge < -0.3 is 4.74 Å². The molecule has 0 bridgehead atoms. The van der Waals surface area contributed by atoms with Gasteiger partial charge in [-0.3, -0.25) is 14.5 Å². The number of carbonyl (C=O) groups excluding carboxylic acids is 2. The lowest BCUT2D eigenvalue weighted by molar-refractivity contribution is -0.143. The van der Waals surface area contributed by atoms with Gasteiger partial charge in [0.2, 0.25) is 0 Å². The summed E-state index contributed by atoms with van der Waals surface area (Å²) in [5.74, 6) is -0.962. The third kappa shape index (κ3) is 3.65. The number of aliphatic imine (C=N–C) groups is 1. The van der Waals surface area contributed by atoms with Crippen LogP contribution in [0.25, 0.3) is 0 Å². The van der Waals surface area contributed by atoms with Crippen molar-refractivity contribution in [1.29, 1.82) is 0 Å². The molecule has 0 saturated heterocycles. The van der Waals surface area contributed by atoms with Gasteiger partial charge in [0.25, 0.3) is 10.0 Å². The minimum atomic E-state index is -3.67. The fraction of sp³-hybridized carbons (Fsp3) is 0.167. The Balaban J connectivity index is 1.68. The molecule has 3 rings (SSSR count). The standard InChI is InChI=1S/C18H16N2O5S/c1-12(18(22)25-11-15(21)13-7-3-2-4-8-13)19-17-14-9-5-6-10-16(14)26(23,24)20-17/h2-10,12H,11H2,1H3,(H,19,20). The SMILES string of the molecule is CC(N=C1NS(=O)(=O)c2ccccc21)C(=O)OCC(=O)c1ccccc1. The Kier molecular flexibility index (Phi) is 4.85. The fourth-order valence-corrected chi connectivity index (χ4v) is 3.68. The van der Waals surface area contributed by atoms with Gasteiger partial charge in [-0.15, -0.1) is 0 Å². The van der Waals surface area contributed by atoms with Crippen molar-refractivity contribution in [3.8, 4) is 0 Å². The number of ketones is 1. The molecule has 2 aromatic rings. The number of carbonyl (C=O) groups is 2. The topological polar surface area (TPSA) is 102 Å². The third-order valence-corrected chi connectivity index (χ3v) is 5.16. The average molecular weight is 372 g/mol. The molecule has 0 spiro atoms. The van der Waals surface area contributed by atoms with Crippen LogP contribution in [0.5, 0.6) is 0 Å². The zero-order valence-electron chi connectivity index (χ0n) is 13.9. The number of Topliss-reactive ketones (excluding diaryl/α,β-unsaturated/α-hetero) is 1. The summed E-state index contributed by atoms with van der Waals surface area (Å²) in [6, 6.07) is 13.8. The molecule has 8 heteroatoms. The lowest BCUT2D eigenvalue weighted by Gasteiger charge is -2.08. The van der Waals surface area contributed by atoms with Crippen LogP contribution in [-0.4, -0.2) is 38.7 Å². The maximum atomic E-state index is 12.1. The number of nitrogens with one attached hydrogen (secondary N) is 1. The van der Waals surface area contributed by atoms with Crippen LogP contribution in [0.1, 0.15) is 22.8 Å². The molecule has 0 aliphatic carbocycles. The van der Waals surface area contributed by atoms with Gasteiger partial charge in [-0.1, -0.05) is 42.5 Å². The molecule has 134 valence electrons. The van der Waals surface area contributed by atoms with E-state index < -0.39 is 28.6 Å². The number of rotatable bonds is 5. The maximum Gasteiger partial charge on any atom is 0.331 e. The number of amidine groups is 1. The quantitative estimate of drug-likeness (QED) is 0.634. The van der Waals surface area contributed by atoms with Crippen molar-refractivity contribution >= 4 is 27.6 Å². The van der Waals surface area contributed by atoms with Crippen molar-refractivity contribution in [2.45, 2.75) is 17.9 Å². The molecule has 2 aromatic carbocycles. The fourth-order valence-electron chi connectivity index (χ4n) is 2.44. The van der Waals surface area contributed by atoms with Gasteiger partial charge in [0, 0.05) is 11.1 Å². The Morgan fingerprint density at radius 1 is 1.08 bits per heavy atom. The summed E-state index contributed by atoms with van der Waals surface area (Å²) in [5, 5.41) is 0. The van der Waals surface area contributed by atoms with E-state index in [-0.39, 0.29) is 16.5 Å². The van der Waals surface area contributed by atoms with Crippen LogP contribution in [0.4, 0.5) is 0 Å². The van der Waals surface area contributed by atoms with E-state index in [0.717, 1.165) is 0 Å². The number of sulfonamides is 1. The van der Waals surface area contributed by atoms with E-state index in [2.05, 4.69) is 9.71 Å². The zero-order valence-corrected chi connectivity index (χ0v) is 14.7. The second-order valence-electron chi connectivity index (χ2n) is 5.65. The molecule has 0 fully saturated rings. The highest BCUT2D eigenvalue weighted by molar-refractivity contribution is 7.90. The first-order valence-corrected chi connectivity index (χ1v) is 9.32. The molecular formula is C18H16N2O5S. The third-order valence-electron chi connectivity index (χ3n) is 3.77. The van der Waals surface area contributed by atoms with Gasteiger partial charge in [-0.05, 0) is 19.1 Å². The van der Waals surface area contributed by atoms with Crippen molar-refractivity contribution in [2.75, 3.05) is 6.61 Å². The van der Waals surface area contributed by atoms with Crippen LogP contribution in [0.3, 0.4) is 0 Å². The normalized spacial score (nSPS) is 17.2. The summed E-state index contributed by atoms with van der Waals surface area (Å²) in [6.45, 7) is 1.07. The summed E-state index contributed by atoms with van der Waals surface area (Å²) in [5.41, 5.74) is 0.837. The van der Waals surface area contributed by atoms with Gasteiger partial charge in [0.05, 0.1) is 4.90 Å². The molecule has 0 amide bonds. The molecule has 26 heavy (non-hydrogen) atoms. The van der Waals surface area contributed by atoms with Crippen LogP contribution >= 0.6 is 0 Å². The van der Waals surface area contributed by atoms with E-state index in [1.807, 2.05) is 0 Å². The molecule has 1 aliphatic rings. The highest BCUT2D eigenvalue weighted by Gasteiger charge is 2.31. The van der Waals surface area contributed by atoms with Crippen molar-refractivity contribution in [2.24, 2.45) is 4.99 Å². The largest absolute Gasteiger partial charge is 0.456 e. The summed E-state index contributed by atoms with van der Waals surface area (Å²) in [4.78, 5) is 28.3. The summed E-state index contributed by atoms with van der Waals surface area (Å²) >= 11 is 0. The molecule has 1 N–H and O–H groups in total. The van der Waals surface area contributed by atoms with E-state index in [4.69, 9.17) is 4.74 Å². The average Bonchev–Trinajstić information content (AvgIpc) is 2.90. The first kappa shape index (κ1) is 17.8. The maximum absolute atomic E-state index is 12.1. The van der Waals surface area contributed by atoms with E-state index in [9.17, 15) is 18.0 Å². The van der Waals surface area contributed by atoms with Gasteiger partial charge in [-0.2, -0.15) is 0 Å². The zero-order chi connectivity index (χ0) is 18.7. The number of ether oxygens (including phenoxy) is 1. The predicted octanol–water partition coefficient (Wildman–Crippen LogP) is 1.54. The van der Waals surface area contributed by atoms with Crippen LogP contribution in [0.15, 0.2) is 64.5 Å². The number of nitrogens with zero attached hydrogens (tertiary/aromatic N) is 1. The molecule has 0 radical (unpaired) electrons. The number of benzene rings is 2. The summed E-state index contributed by atoms with van der Waals surface area (Å²) in [6.07, 6.45) is 0. The number of esters is 1. The van der Waals surface area contributed by atoms with Crippen molar-refractivity contribution in [3.63, 3.8) is 0 Å². The lowest BCUT2D eigenvalue weighted by Crippen LogP contribution is -2.27. The number of hydrogen-bond donors (Lipinski definition) is 1. The van der Waals surface area contributed by atoms with Gasteiger partial charge in [-0.25, -0.2) is 13.2 Å². The molecule has 0 aromatic heterocycles. The van der Waals surface area contributed by atoms with Crippen molar-refractivity contribution in [1.82, 2.24) is 4.72 Å². The summed E-state index contributed by atoms with van der Waals surface area (Å²) < 4.78 is 31.4. The molecular weight excluding hydrogens is 356 g/mol. The van der Waals surface area contributed by atoms with Crippen LogP contribution in [0, 0.1) is 0 Å². The monoisotopic (exact) mass is 372 g/mol. The van der Waals surface area contributed by atoms with Crippen LogP contribution in [-0.2, 0) is 19.6 Å². The highest BCUT2D eigenvalue weighted by atomic mass is 32.2. The predicted molar refractivity (Wildman–Crippen MR) is 94.5 cm³/mol. The van der Waals surface area contributed by atoms with Crippen LogP contribution in [0.2, 0.25) is 0 Å². The lowest BCUT2D eigenvalue weighted by atomic mass is 10.1. The van der Waals surface area contributed by atoms with Gasteiger partial charge in [0.1, 0.15) is 11.9 Å². The second-order valence-corrected chi connectivity index (χ2v) is 7.30. The Morgan fingerprint density at radius 3 is 2.46 bits per heavy atom. The highest BCUT2D eigenvalue weighted by Crippen LogP contribution is 2.22. The molecule has 7 nitrogen and oxygen atoms in total. The Hall–Kier alpha value is -3.00. The first-order chi connectivity index (χ1) is 12.4. The Labute approximate surface area is 150 Å². The molecule has 1 heterocycles. The van der Waals surface area contributed by atoms with E-state index >= 15 is 0 Å². The second kappa shape index (κ2) is 7.09. The molecule has 1 unspecified atom stereocenters. The summed E-state index contributed by atoms with van der Waals surface area (Å²) in [7, 11) is -3.67. The Bertz CT molecular complexity index is 984. The number of fused-ring (bicyclic) bond motifs is 1. The van der Waals surface area contributed by atoms with Gasteiger partial charge >= 0.3 is 5.97 Å². The Morgan fingerprint density at radius 2 is 1.73 bits per heavy atom. The molecule has 1 atom stereocenters. The van der Waals surface area contributed by atoms with Crippen molar-refractivity contribution in [3.05, 3.63) is 65.7 Å². The van der Waals surface area contributed by atoms with E-state index in [0.29, 0.717) is 11.1 Å². The molecule has 1 aliphatic heterocycles. The van der Waals surface area contributed by atoms with Crippen molar-refractivity contribution < 1.29 is 22.7 Å². The molecule has 0 saturated carbocycles. The van der Waals surface area contributed by atoms with E-state index in [1.54, 1.807) is 48.5 Å². The number of hydrogen-bond acceptors (Lipinski definition) is 6. The minimum absolute atomic E-state index is 0.0828. The van der Waals surface area contributed by atoms with Crippen LogP contribution < -0.4 is 4.72 Å². The van der Waals surface area contributed by atoms with E-state index in [1.165, 1.54) is 13.0 Å². The van der Waals surface area contributed by atoms with Gasteiger partial charge in [0.15, 0.2) is 12.4 Å². The first-order valence-electron chi connectivity index (χ1n) is 7.83. The smallest absolute Gasteiger partial charge is 0.331 e. The minimum Gasteiger partial charge on any atom is -0.456 e.